The summed E-state index contributed by atoms with van der Waals surface area (Å²) in [6.45, 7) is 3.13. The fourth-order valence-corrected chi connectivity index (χ4v) is 3.46. The van der Waals surface area contributed by atoms with Gasteiger partial charge in [-0.1, -0.05) is 0 Å². The number of aromatic nitrogens is 4. The molecule has 4 rings (SSSR count). The zero-order valence-corrected chi connectivity index (χ0v) is 16.4. The van der Waals surface area contributed by atoms with Crippen LogP contribution in [0.1, 0.15) is 6.92 Å². The van der Waals surface area contributed by atoms with Crippen molar-refractivity contribution < 1.29 is 14.3 Å². The highest BCUT2D eigenvalue weighted by Crippen LogP contribution is 2.32. The summed E-state index contributed by atoms with van der Waals surface area (Å²) in [4.78, 5) is 42.7. The van der Waals surface area contributed by atoms with Crippen LogP contribution in [0.3, 0.4) is 0 Å². The summed E-state index contributed by atoms with van der Waals surface area (Å²) in [6.07, 6.45) is 0. The lowest BCUT2D eigenvalue weighted by molar-refractivity contribution is -0.145. The minimum absolute atomic E-state index is 0.149. The fourth-order valence-electron chi connectivity index (χ4n) is 3.46. The summed E-state index contributed by atoms with van der Waals surface area (Å²) in [5.41, 5.74) is 0.887. The summed E-state index contributed by atoms with van der Waals surface area (Å²) in [7, 11) is 3.07. The molecule has 0 saturated heterocycles. The van der Waals surface area contributed by atoms with E-state index in [1.54, 1.807) is 26.1 Å². The topological polar surface area (TPSA) is 101 Å². The molecule has 0 spiro atoms. The average Bonchev–Trinajstić information content (AvgIpc) is 3.29. The molecule has 10 heteroatoms. The number of aryl methyl sites for hydroxylation is 1. The summed E-state index contributed by atoms with van der Waals surface area (Å²) in [5.74, 6) is 0.737. The lowest BCUT2D eigenvalue weighted by atomic mass is 10.3. The molecule has 0 bridgehead atoms. The van der Waals surface area contributed by atoms with E-state index >= 15 is 0 Å². The SMILES string of the molecule is CCOC(=O)COc1ccc(N2CCn3c2nc2c3c(=O)n(C)c(=O)n2C)cc1. The van der Waals surface area contributed by atoms with E-state index in [2.05, 4.69) is 4.98 Å². The quantitative estimate of drug-likeness (QED) is 0.577. The second-order valence-electron chi connectivity index (χ2n) is 6.68. The molecular formula is C19H21N5O5. The third-order valence-corrected chi connectivity index (χ3v) is 4.93. The number of esters is 1. The predicted molar refractivity (Wildman–Crippen MR) is 106 cm³/mol. The van der Waals surface area contributed by atoms with E-state index in [1.165, 1.54) is 11.6 Å². The molecule has 1 aromatic carbocycles. The van der Waals surface area contributed by atoms with Crippen molar-refractivity contribution >= 4 is 28.8 Å². The van der Waals surface area contributed by atoms with Gasteiger partial charge in [-0.3, -0.25) is 13.9 Å². The van der Waals surface area contributed by atoms with E-state index in [0.717, 1.165) is 10.3 Å². The minimum Gasteiger partial charge on any atom is -0.482 e. The Morgan fingerprint density at radius 2 is 1.83 bits per heavy atom. The number of benzene rings is 1. The first-order chi connectivity index (χ1) is 13.9. The van der Waals surface area contributed by atoms with Crippen LogP contribution in [0.5, 0.6) is 5.75 Å². The van der Waals surface area contributed by atoms with Crippen LogP contribution >= 0.6 is 0 Å². The average molecular weight is 399 g/mol. The Kier molecular flexibility index (Phi) is 4.61. The normalized spacial score (nSPS) is 13.0. The zero-order valence-electron chi connectivity index (χ0n) is 16.4. The van der Waals surface area contributed by atoms with E-state index in [-0.39, 0.29) is 12.2 Å². The maximum Gasteiger partial charge on any atom is 0.344 e. The Bertz CT molecular complexity index is 1200. The van der Waals surface area contributed by atoms with Crippen molar-refractivity contribution in [1.82, 2.24) is 18.7 Å². The highest BCUT2D eigenvalue weighted by atomic mass is 16.6. The molecule has 3 aromatic rings. The number of carbonyl (C=O) groups excluding carboxylic acids is 1. The largest absolute Gasteiger partial charge is 0.482 e. The smallest absolute Gasteiger partial charge is 0.344 e. The van der Waals surface area contributed by atoms with Crippen LogP contribution in [0.2, 0.25) is 0 Å². The Hall–Kier alpha value is -3.56. The van der Waals surface area contributed by atoms with Crippen molar-refractivity contribution in [3.05, 3.63) is 45.1 Å². The summed E-state index contributed by atoms with van der Waals surface area (Å²) in [5, 5.41) is 0. The van der Waals surface area contributed by atoms with Gasteiger partial charge in [0.1, 0.15) is 5.75 Å². The number of rotatable bonds is 5. The highest BCUT2D eigenvalue weighted by molar-refractivity contribution is 5.77. The maximum atomic E-state index is 12.6. The first kappa shape index (κ1) is 18.8. The number of fused-ring (bicyclic) bond motifs is 3. The van der Waals surface area contributed by atoms with Gasteiger partial charge in [0.15, 0.2) is 17.8 Å². The van der Waals surface area contributed by atoms with Gasteiger partial charge in [-0.15, -0.1) is 0 Å². The zero-order chi connectivity index (χ0) is 20.7. The third-order valence-electron chi connectivity index (χ3n) is 4.93. The third kappa shape index (κ3) is 3.06. The first-order valence-corrected chi connectivity index (χ1v) is 9.24. The molecule has 1 aliphatic rings. The van der Waals surface area contributed by atoms with Crippen molar-refractivity contribution in [2.45, 2.75) is 13.5 Å². The molecule has 1 aliphatic heterocycles. The van der Waals surface area contributed by atoms with Gasteiger partial charge in [0.05, 0.1) is 6.61 Å². The number of anilines is 2. The second-order valence-corrected chi connectivity index (χ2v) is 6.68. The molecule has 0 unspecified atom stereocenters. The number of nitrogens with zero attached hydrogens (tertiary/aromatic N) is 5. The van der Waals surface area contributed by atoms with Gasteiger partial charge in [-0.2, -0.15) is 4.98 Å². The summed E-state index contributed by atoms with van der Waals surface area (Å²) < 4.78 is 14.6. The summed E-state index contributed by atoms with van der Waals surface area (Å²) in [6, 6.07) is 7.22. The van der Waals surface area contributed by atoms with Gasteiger partial charge in [0.25, 0.3) is 5.56 Å². The van der Waals surface area contributed by atoms with Gasteiger partial charge in [-0.25, -0.2) is 9.59 Å². The molecule has 0 aliphatic carbocycles. The van der Waals surface area contributed by atoms with Crippen LogP contribution < -0.4 is 20.9 Å². The van der Waals surface area contributed by atoms with Gasteiger partial charge in [0, 0.05) is 32.9 Å². The van der Waals surface area contributed by atoms with Crippen LogP contribution in [-0.2, 0) is 30.2 Å². The molecule has 10 nitrogen and oxygen atoms in total. The van der Waals surface area contributed by atoms with E-state index in [1.807, 2.05) is 21.6 Å². The number of ether oxygens (including phenoxy) is 2. The Morgan fingerprint density at radius 3 is 2.52 bits per heavy atom. The molecule has 0 atom stereocenters. The van der Waals surface area contributed by atoms with Crippen LogP contribution in [-0.4, -0.2) is 44.4 Å². The van der Waals surface area contributed by atoms with Crippen molar-refractivity contribution in [2.24, 2.45) is 14.1 Å². The van der Waals surface area contributed by atoms with E-state index < -0.39 is 11.7 Å². The number of hydrogen-bond donors (Lipinski definition) is 0. The molecule has 2 aromatic heterocycles. The van der Waals surface area contributed by atoms with E-state index in [0.29, 0.717) is 42.6 Å². The van der Waals surface area contributed by atoms with Crippen LogP contribution in [0.25, 0.3) is 11.2 Å². The Labute approximate surface area is 165 Å². The van der Waals surface area contributed by atoms with Crippen molar-refractivity contribution in [2.75, 3.05) is 24.7 Å². The van der Waals surface area contributed by atoms with Gasteiger partial charge < -0.3 is 18.9 Å². The second kappa shape index (κ2) is 7.12. The minimum atomic E-state index is -0.419. The lowest BCUT2D eigenvalue weighted by Gasteiger charge is -2.16. The molecule has 0 fully saturated rings. The van der Waals surface area contributed by atoms with E-state index in [9.17, 15) is 14.4 Å². The number of carbonyl (C=O) groups is 1. The number of hydrogen-bond acceptors (Lipinski definition) is 7. The van der Waals surface area contributed by atoms with E-state index in [4.69, 9.17) is 9.47 Å². The van der Waals surface area contributed by atoms with Crippen LogP contribution in [0, 0.1) is 0 Å². The molecule has 29 heavy (non-hydrogen) atoms. The molecule has 0 N–H and O–H groups in total. The van der Waals surface area contributed by atoms with Crippen LogP contribution in [0.15, 0.2) is 33.9 Å². The van der Waals surface area contributed by atoms with Gasteiger partial charge in [-0.05, 0) is 31.2 Å². The molecule has 3 heterocycles. The monoisotopic (exact) mass is 399 g/mol. The van der Waals surface area contributed by atoms with Gasteiger partial charge in [0.2, 0.25) is 5.95 Å². The maximum absolute atomic E-state index is 12.6. The Morgan fingerprint density at radius 1 is 1.10 bits per heavy atom. The molecule has 0 saturated carbocycles. The molecule has 0 amide bonds. The predicted octanol–water partition coefficient (Wildman–Crippen LogP) is 0.527. The highest BCUT2D eigenvalue weighted by Gasteiger charge is 2.28. The van der Waals surface area contributed by atoms with Crippen molar-refractivity contribution in [3.8, 4) is 5.75 Å². The van der Waals surface area contributed by atoms with Crippen molar-refractivity contribution in [1.29, 1.82) is 0 Å². The molecule has 152 valence electrons. The molecule has 0 radical (unpaired) electrons. The lowest BCUT2D eigenvalue weighted by Crippen LogP contribution is -2.37. The standard InChI is InChI=1S/C19H21N5O5/c1-4-28-14(25)11-29-13-7-5-12(6-8-13)23-9-10-24-15-16(20-18(23)24)21(2)19(27)22(3)17(15)26/h5-8H,4,9-11H2,1-3H3. The molecular weight excluding hydrogens is 378 g/mol. The summed E-state index contributed by atoms with van der Waals surface area (Å²) >= 11 is 0. The first-order valence-electron chi connectivity index (χ1n) is 9.24. The van der Waals surface area contributed by atoms with Crippen LogP contribution in [0.4, 0.5) is 11.6 Å². The number of imidazole rings is 1. The van der Waals surface area contributed by atoms with Crippen molar-refractivity contribution in [3.63, 3.8) is 0 Å². The Balaban J connectivity index is 1.64. The fraction of sp³-hybridized carbons (Fsp3) is 0.368. The van der Waals surface area contributed by atoms with Gasteiger partial charge >= 0.3 is 11.7 Å².